The summed E-state index contributed by atoms with van der Waals surface area (Å²) in [7, 11) is 3.55. The van der Waals surface area contributed by atoms with E-state index in [-0.39, 0.29) is 11.8 Å². The molecule has 0 aromatic heterocycles. The van der Waals surface area contributed by atoms with Crippen molar-refractivity contribution in [3.8, 4) is 5.75 Å². The zero-order chi connectivity index (χ0) is 15.5. The van der Waals surface area contributed by atoms with Gasteiger partial charge in [0, 0.05) is 19.5 Å². The molecular formula is C19H21NO2. The Morgan fingerprint density at radius 3 is 2.45 bits per heavy atom. The van der Waals surface area contributed by atoms with Crippen LogP contribution in [0.25, 0.3) is 0 Å². The molecule has 3 nitrogen and oxygen atoms in total. The minimum Gasteiger partial charge on any atom is -0.497 e. The molecule has 0 aliphatic heterocycles. The summed E-state index contributed by atoms with van der Waals surface area (Å²) in [6, 6.07) is 18.2. The van der Waals surface area contributed by atoms with Crippen molar-refractivity contribution in [2.24, 2.45) is 5.92 Å². The van der Waals surface area contributed by atoms with Crippen molar-refractivity contribution in [2.75, 3.05) is 14.2 Å². The minimum absolute atomic E-state index is 0.127. The van der Waals surface area contributed by atoms with Crippen LogP contribution in [0.3, 0.4) is 0 Å². The minimum atomic E-state index is 0.127. The number of amides is 1. The SMILES string of the molecule is COc1ccc(C2CC2C(=O)N(C)Cc2ccccc2)cc1. The molecule has 22 heavy (non-hydrogen) atoms. The third-order valence-corrected chi connectivity index (χ3v) is 4.29. The molecule has 1 aliphatic rings. The lowest BCUT2D eigenvalue weighted by atomic mass is 10.1. The van der Waals surface area contributed by atoms with Crippen molar-refractivity contribution in [1.82, 2.24) is 4.90 Å². The highest BCUT2D eigenvalue weighted by Crippen LogP contribution is 2.48. The van der Waals surface area contributed by atoms with Gasteiger partial charge in [-0.1, -0.05) is 42.5 Å². The lowest BCUT2D eigenvalue weighted by Crippen LogP contribution is -2.28. The molecular weight excluding hydrogens is 274 g/mol. The molecule has 0 saturated heterocycles. The van der Waals surface area contributed by atoms with E-state index in [0.717, 1.165) is 12.2 Å². The van der Waals surface area contributed by atoms with E-state index in [4.69, 9.17) is 4.74 Å². The Hall–Kier alpha value is -2.29. The number of carbonyl (C=O) groups excluding carboxylic acids is 1. The number of carbonyl (C=O) groups is 1. The molecule has 0 heterocycles. The zero-order valence-electron chi connectivity index (χ0n) is 13.0. The molecule has 1 amide bonds. The lowest BCUT2D eigenvalue weighted by Gasteiger charge is -2.17. The van der Waals surface area contributed by atoms with E-state index in [0.29, 0.717) is 12.5 Å². The van der Waals surface area contributed by atoms with Crippen LogP contribution in [0.2, 0.25) is 0 Å². The number of benzene rings is 2. The summed E-state index contributed by atoms with van der Waals surface area (Å²) < 4.78 is 5.17. The predicted molar refractivity (Wildman–Crippen MR) is 86.8 cm³/mol. The summed E-state index contributed by atoms with van der Waals surface area (Å²) in [5, 5.41) is 0. The highest BCUT2D eigenvalue weighted by Gasteiger charge is 2.45. The Labute approximate surface area is 131 Å². The molecule has 0 bridgehead atoms. The average molecular weight is 295 g/mol. The number of hydrogen-bond acceptors (Lipinski definition) is 2. The van der Waals surface area contributed by atoms with Gasteiger partial charge >= 0.3 is 0 Å². The fraction of sp³-hybridized carbons (Fsp3) is 0.316. The van der Waals surface area contributed by atoms with Crippen LogP contribution in [0.1, 0.15) is 23.5 Å². The van der Waals surface area contributed by atoms with Gasteiger partial charge in [-0.3, -0.25) is 4.79 Å². The van der Waals surface area contributed by atoms with Crippen LogP contribution < -0.4 is 4.74 Å². The molecule has 2 atom stereocenters. The lowest BCUT2D eigenvalue weighted by molar-refractivity contribution is -0.131. The van der Waals surface area contributed by atoms with E-state index in [2.05, 4.69) is 24.3 Å². The highest BCUT2D eigenvalue weighted by atomic mass is 16.5. The Balaban J connectivity index is 1.59. The molecule has 0 N–H and O–H groups in total. The predicted octanol–water partition coefficient (Wildman–Crippen LogP) is 3.46. The first-order valence-electron chi connectivity index (χ1n) is 7.62. The van der Waals surface area contributed by atoms with Gasteiger partial charge in [-0.15, -0.1) is 0 Å². The van der Waals surface area contributed by atoms with E-state index in [9.17, 15) is 4.79 Å². The van der Waals surface area contributed by atoms with Crippen molar-refractivity contribution in [1.29, 1.82) is 0 Å². The molecule has 1 fully saturated rings. The van der Waals surface area contributed by atoms with Gasteiger partial charge in [-0.2, -0.15) is 0 Å². The largest absolute Gasteiger partial charge is 0.497 e. The van der Waals surface area contributed by atoms with Gasteiger partial charge in [-0.05, 0) is 35.6 Å². The molecule has 0 radical (unpaired) electrons. The summed E-state index contributed by atoms with van der Waals surface area (Å²) in [6.45, 7) is 0.672. The Morgan fingerprint density at radius 1 is 1.14 bits per heavy atom. The van der Waals surface area contributed by atoms with Crippen molar-refractivity contribution < 1.29 is 9.53 Å². The first kappa shape index (κ1) is 14.6. The van der Waals surface area contributed by atoms with Crippen molar-refractivity contribution in [3.63, 3.8) is 0 Å². The van der Waals surface area contributed by atoms with Crippen LogP contribution in [-0.2, 0) is 11.3 Å². The molecule has 3 heteroatoms. The molecule has 1 saturated carbocycles. The quantitative estimate of drug-likeness (QED) is 0.845. The third kappa shape index (κ3) is 3.14. The Morgan fingerprint density at radius 2 is 1.82 bits per heavy atom. The van der Waals surface area contributed by atoms with E-state index in [1.165, 1.54) is 11.1 Å². The monoisotopic (exact) mass is 295 g/mol. The van der Waals surface area contributed by atoms with Crippen LogP contribution in [0.15, 0.2) is 54.6 Å². The second-order valence-corrected chi connectivity index (χ2v) is 5.90. The van der Waals surface area contributed by atoms with Crippen LogP contribution in [0, 0.1) is 5.92 Å². The molecule has 1 aliphatic carbocycles. The molecule has 2 unspecified atom stereocenters. The smallest absolute Gasteiger partial charge is 0.226 e. The van der Waals surface area contributed by atoms with Gasteiger partial charge in [0.25, 0.3) is 0 Å². The van der Waals surface area contributed by atoms with E-state index in [1.54, 1.807) is 7.11 Å². The molecule has 114 valence electrons. The fourth-order valence-corrected chi connectivity index (χ4v) is 2.91. The summed E-state index contributed by atoms with van der Waals surface area (Å²) in [5.74, 6) is 1.58. The zero-order valence-corrected chi connectivity index (χ0v) is 13.0. The number of rotatable bonds is 5. The average Bonchev–Trinajstić information content (AvgIpc) is 3.35. The highest BCUT2D eigenvalue weighted by molar-refractivity contribution is 5.82. The summed E-state index contributed by atoms with van der Waals surface area (Å²) >= 11 is 0. The summed E-state index contributed by atoms with van der Waals surface area (Å²) in [4.78, 5) is 14.4. The topological polar surface area (TPSA) is 29.5 Å². The molecule has 0 spiro atoms. The van der Waals surface area contributed by atoms with E-state index >= 15 is 0 Å². The van der Waals surface area contributed by atoms with Crippen LogP contribution in [-0.4, -0.2) is 25.0 Å². The molecule has 2 aromatic carbocycles. The van der Waals surface area contributed by atoms with Crippen molar-refractivity contribution in [3.05, 3.63) is 65.7 Å². The summed E-state index contributed by atoms with van der Waals surface area (Å²) in [5.41, 5.74) is 2.40. The van der Waals surface area contributed by atoms with Crippen LogP contribution in [0.5, 0.6) is 5.75 Å². The number of nitrogens with zero attached hydrogens (tertiary/aromatic N) is 1. The Bertz CT molecular complexity index is 636. The van der Waals surface area contributed by atoms with E-state index in [1.807, 2.05) is 42.3 Å². The maximum absolute atomic E-state index is 12.5. The first-order chi connectivity index (χ1) is 10.7. The number of methoxy groups -OCH3 is 1. The van der Waals surface area contributed by atoms with Crippen molar-refractivity contribution in [2.45, 2.75) is 18.9 Å². The molecule has 2 aromatic rings. The van der Waals surface area contributed by atoms with Crippen LogP contribution in [0.4, 0.5) is 0 Å². The van der Waals surface area contributed by atoms with Crippen LogP contribution >= 0.6 is 0 Å². The number of hydrogen-bond donors (Lipinski definition) is 0. The third-order valence-electron chi connectivity index (χ3n) is 4.29. The molecule has 3 rings (SSSR count). The van der Waals surface area contributed by atoms with Gasteiger partial charge in [0.1, 0.15) is 5.75 Å². The van der Waals surface area contributed by atoms with Gasteiger partial charge in [-0.25, -0.2) is 0 Å². The number of ether oxygens (including phenoxy) is 1. The van der Waals surface area contributed by atoms with Gasteiger partial charge in [0.15, 0.2) is 0 Å². The van der Waals surface area contributed by atoms with E-state index < -0.39 is 0 Å². The fourth-order valence-electron chi connectivity index (χ4n) is 2.91. The maximum Gasteiger partial charge on any atom is 0.226 e. The van der Waals surface area contributed by atoms with Gasteiger partial charge < -0.3 is 9.64 Å². The standard InChI is InChI=1S/C19H21NO2/c1-20(13-14-6-4-3-5-7-14)19(21)18-12-17(18)15-8-10-16(22-2)11-9-15/h3-11,17-18H,12-13H2,1-2H3. The second kappa shape index (κ2) is 6.22. The van der Waals surface area contributed by atoms with Crippen molar-refractivity contribution >= 4 is 5.91 Å². The normalized spacial score (nSPS) is 19.5. The second-order valence-electron chi connectivity index (χ2n) is 5.90. The summed E-state index contributed by atoms with van der Waals surface area (Å²) in [6.07, 6.45) is 0.949. The Kier molecular flexibility index (Phi) is 4.14. The maximum atomic E-state index is 12.5. The van der Waals surface area contributed by atoms with Gasteiger partial charge in [0.2, 0.25) is 5.91 Å². The van der Waals surface area contributed by atoms with Gasteiger partial charge in [0.05, 0.1) is 7.11 Å². The first-order valence-corrected chi connectivity index (χ1v) is 7.62.